The average molecular weight is 449 g/mol. The number of hydrogen-bond donors (Lipinski definition) is 1. The van der Waals surface area contributed by atoms with Crippen LogP contribution in [0.5, 0.6) is 11.5 Å². The van der Waals surface area contributed by atoms with Crippen molar-refractivity contribution in [2.24, 2.45) is 0 Å². The number of pyridine rings is 1. The lowest BCUT2D eigenvalue weighted by Crippen LogP contribution is -2.29. The van der Waals surface area contributed by atoms with Crippen LogP contribution >= 0.6 is 12.2 Å². The maximum Gasteiger partial charge on any atom is 0.174 e. The minimum absolute atomic E-state index is 0.0685. The van der Waals surface area contributed by atoms with Gasteiger partial charge in [0, 0.05) is 30.7 Å². The Bertz CT molecular complexity index is 1090. The van der Waals surface area contributed by atoms with E-state index in [9.17, 15) is 0 Å². The van der Waals surface area contributed by atoms with Crippen molar-refractivity contribution in [2.75, 3.05) is 19.1 Å². The average Bonchev–Trinajstić information content (AvgIpc) is 3.58. The summed E-state index contributed by atoms with van der Waals surface area (Å²) in [6.07, 6.45) is 11.4. The van der Waals surface area contributed by atoms with Crippen molar-refractivity contribution in [1.29, 1.82) is 0 Å². The highest BCUT2D eigenvalue weighted by atomic mass is 32.1. The fourth-order valence-corrected chi connectivity index (χ4v) is 5.31. The lowest BCUT2D eigenvalue weighted by molar-refractivity contribution is 0.403. The molecule has 5 rings (SSSR count). The molecule has 32 heavy (non-hydrogen) atoms. The summed E-state index contributed by atoms with van der Waals surface area (Å²) < 4.78 is 13.6. The van der Waals surface area contributed by atoms with Gasteiger partial charge in [0.2, 0.25) is 0 Å². The van der Waals surface area contributed by atoms with Gasteiger partial charge in [-0.15, -0.1) is 0 Å². The van der Waals surface area contributed by atoms with Crippen LogP contribution in [0.15, 0.2) is 61.1 Å². The molecule has 6 nitrogen and oxygen atoms in total. The number of anilines is 1. The second-order valence-electron chi connectivity index (χ2n) is 8.36. The Hall–Kier alpha value is -3.06. The van der Waals surface area contributed by atoms with Gasteiger partial charge in [-0.1, -0.05) is 18.9 Å². The third-order valence-electron chi connectivity index (χ3n) is 6.57. The minimum atomic E-state index is -0.0842. The van der Waals surface area contributed by atoms with Gasteiger partial charge in [0.15, 0.2) is 5.11 Å². The quantitative estimate of drug-likeness (QED) is 0.524. The third-order valence-corrected chi connectivity index (χ3v) is 6.88. The van der Waals surface area contributed by atoms with E-state index in [0.29, 0.717) is 11.2 Å². The largest absolute Gasteiger partial charge is 0.497 e. The molecule has 3 heterocycles. The van der Waals surface area contributed by atoms with Crippen molar-refractivity contribution in [1.82, 2.24) is 14.9 Å². The molecule has 0 bridgehead atoms. The molecule has 7 heteroatoms. The smallest absolute Gasteiger partial charge is 0.174 e. The fourth-order valence-electron chi connectivity index (χ4n) is 4.97. The van der Waals surface area contributed by atoms with Crippen molar-refractivity contribution < 1.29 is 9.47 Å². The van der Waals surface area contributed by atoms with Gasteiger partial charge in [0.25, 0.3) is 0 Å². The molecule has 3 aromatic rings. The highest BCUT2D eigenvalue weighted by molar-refractivity contribution is 7.80. The number of benzene rings is 1. The molecule has 2 fully saturated rings. The van der Waals surface area contributed by atoms with Gasteiger partial charge >= 0.3 is 0 Å². The minimum Gasteiger partial charge on any atom is -0.497 e. The number of ether oxygens (including phenoxy) is 2. The number of hydrogen-bond acceptors (Lipinski definition) is 4. The van der Waals surface area contributed by atoms with E-state index in [1.54, 1.807) is 14.2 Å². The summed E-state index contributed by atoms with van der Waals surface area (Å²) >= 11 is 5.86. The topological polar surface area (TPSA) is 51.6 Å². The Kier molecular flexibility index (Phi) is 5.74. The predicted molar refractivity (Wildman–Crippen MR) is 129 cm³/mol. The highest BCUT2D eigenvalue weighted by Crippen LogP contribution is 2.46. The maximum atomic E-state index is 5.86. The van der Waals surface area contributed by atoms with Crippen molar-refractivity contribution in [3.8, 4) is 11.5 Å². The van der Waals surface area contributed by atoms with E-state index in [-0.39, 0.29) is 12.1 Å². The molecule has 0 amide bonds. The number of aromatic nitrogens is 2. The number of nitrogens with zero attached hydrogens (tertiary/aromatic N) is 3. The zero-order valence-corrected chi connectivity index (χ0v) is 19.2. The standard InChI is InChI=1S/C25H28N4O2S/c1-30-19-10-11-22(31-2)21(15-19)29-24(17-12-14-28(16-17)18-7-3-4-8-18)23(27-25(29)32)20-9-5-6-13-26-20/h5-6,9-16,18,23-24H,3-4,7-8H2,1-2H3,(H,27,32). The van der Waals surface area contributed by atoms with E-state index in [4.69, 9.17) is 21.7 Å². The summed E-state index contributed by atoms with van der Waals surface area (Å²) in [7, 11) is 3.35. The maximum absolute atomic E-state index is 5.86. The number of methoxy groups -OCH3 is 2. The monoisotopic (exact) mass is 448 g/mol. The number of thiocarbonyl (C=S) groups is 1. The number of rotatable bonds is 6. The predicted octanol–water partition coefficient (Wildman–Crippen LogP) is 5.19. The Morgan fingerprint density at radius 2 is 1.91 bits per heavy atom. The summed E-state index contributed by atoms with van der Waals surface area (Å²) in [5.74, 6) is 1.50. The molecule has 1 saturated heterocycles. The van der Waals surface area contributed by atoms with Crippen LogP contribution in [0.25, 0.3) is 0 Å². The molecule has 1 aliphatic carbocycles. The Morgan fingerprint density at radius 1 is 1.06 bits per heavy atom. The SMILES string of the molecule is COc1ccc(OC)c(N2C(=S)NC(c3ccccn3)C2c2ccn(C3CCCC3)c2)c1. The first-order chi connectivity index (χ1) is 15.7. The van der Waals surface area contributed by atoms with E-state index in [0.717, 1.165) is 22.9 Å². The molecule has 2 aromatic heterocycles. The molecule has 2 aliphatic rings. The molecule has 1 aliphatic heterocycles. The van der Waals surface area contributed by atoms with Crippen molar-refractivity contribution in [2.45, 2.75) is 43.8 Å². The third kappa shape index (κ3) is 3.71. The molecule has 166 valence electrons. The highest BCUT2D eigenvalue weighted by Gasteiger charge is 2.42. The van der Waals surface area contributed by atoms with Crippen LogP contribution in [0.2, 0.25) is 0 Å². The van der Waals surface area contributed by atoms with E-state index in [1.807, 2.05) is 42.6 Å². The van der Waals surface area contributed by atoms with Gasteiger partial charge < -0.3 is 24.3 Å². The van der Waals surface area contributed by atoms with Gasteiger partial charge in [0.05, 0.1) is 37.7 Å². The van der Waals surface area contributed by atoms with Crippen LogP contribution in [-0.4, -0.2) is 28.9 Å². The summed E-state index contributed by atoms with van der Waals surface area (Å²) in [4.78, 5) is 6.79. The van der Waals surface area contributed by atoms with Crippen LogP contribution in [0.3, 0.4) is 0 Å². The van der Waals surface area contributed by atoms with Crippen molar-refractivity contribution >= 4 is 23.0 Å². The first kappa shape index (κ1) is 20.8. The van der Waals surface area contributed by atoms with Gasteiger partial charge in [0.1, 0.15) is 11.5 Å². The molecule has 1 aromatic carbocycles. The Balaban J connectivity index is 1.61. The molecular formula is C25H28N4O2S. The van der Waals surface area contributed by atoms with Crippen LogP contribution < -0.4 is 19.7 Å². The molecule has 2 unspecified atom stereocenters. The summed E-state index contributed by atoms with van der Waals surface area (Å²) in [6.45, 7) is 0. The molecular weight excluding hydrogens is 420 g/mol. The Morgan fingerprint density at radius 3 is 2.62 bits per heavy atom. The van der Waals surface area contributed by atoms with E-state index in [1.165, 1.54) is 31.2 Å². The van der Waals surface area contributed by atoms with Gasteiger partial charge in [-0.3, -0.25) is 4.98 Å². The van der Waals surface area contributed by atoms with Crippen LogP contribution in [0.4, 0.5) is 5.69 Å². The zero-order valence-electron chi connectivity index (χ0n) is 18.4. The van der Waals surface area contributed by atoms with Gasteiger partial charge in [-0.2, -0.15) is 0 Å². The van der Waals surface area contributed by atoms with Crippen LogP contribution in [0, 0.1) is 0 Å². The van der Waals surface area contributed by atoms with Crippen molar-refractivity contribution in [3.63, 3.8) is 0 Å². The van der Waals surface area contributed by atoms with Gasteiger partial charge in [-0.05, 0) is 61.0 Å². The first-order valence-electron chi connectivity index (χ1n) is 11.1. The lowest BCUT2D eigenvalue weighted by atomic mass is 9.98. The normalized spacial score (nSPS) is 21.1. The van der Waals surface area contributed by atoms with E-state index in [2.05, 4.69) is 38.2 Å². The van der Waals surface area contributed by atoms with Crippen molar-refractivity contribution in [3.05, 3.63) is 72.3 Å². The van der Waals surface area contributed by atoms with E-state index >= 15 is 0 Å². The molecule has 0 spiro atoms. The summed E-state index contributed by atoms with van der Waals surface area (Å²) in [6, 6.07) is 14.4. The van der Waals surface area contributed by atoms with Crippen LogP contribution in [0.1, 0.15) is 55.1 Å². The lowest BCUT2D eigenvalue weighted by Gasteiger charge is -2.28. The second kappa shape index (κ2) is 8.82. The number of nitrogens with one attached hydrogen (secondary N) is 1. The Labute approximate surface area is 194 Å². The second-order valence-corrected chi connectivity index (χ2v) is 8.75. The summed E-state index contributed by atoms with van der Waals surface area (Å²) in [5.41, 5.74) is 3.03. The van der Waals surface area contributed by atoms with Gasteiger partial charge in [-0.25, -0.2) is 0 Å². The van der Waals surface area contributed by atoms with Crippen LogP contribution in [-0.2, 0) is 0 Å². The molecule has 0 radical (unpaired) electrons. The zero-order chi connectivity index (χ0) is 22.1. The fraction of sp³-hybridized carbons (Fsp3) is 0.360. The first-order valence-corrected chi connectivity index (χ1v) is 11.5. The molecule has 1 N–H and O–H groups in total. The molecule has 2 atom stereocenters. The van der Waals surface area contributed by atoms with E-state index < -0.39 is 0 Å². The molecule has 1 saturated carbocycles. The summed E-state index contributed by atoms with van der Waals surface area (Å²) in [5, 5.41) is 4.17.